The highest BCUT2D eigenvalue weighted by Gasteiger charge is 2.30. The van der Waals surface area contributed by atoms with Crippen molar-refractivity contribution in [2.24, 2.45) is 0 Å². The van der Waals surface area contributed by atoms with Gasteiger partial charge in [-0.2, -0.15) is 4.31 Å². The molecule has 2 aromatic rings. The van der Waals surface area contributed by atoms with E-state index in [4.69, 9.17) is 9.15 Å². The topological polar surface area (TPSA) is 97.9 Å². The van der Waals surface area contributed by atoms with E-state index in [1.165, 1.54) is 23.3 Å². The number of hydrogen-bond acceptors (Lipinski definition) is 6. The van der Waals surface area contributed by atoms with Gasteiger partial charge in [0.05, 0.1) is 32.3 Å². The second kappa shape index (κ2) is 9.32. The first-order chi connectivity index (χ1) is 14.5. The van der Waals surface area contributed by atoms with Gasteiger partial charge in [0.15, 0.2) is 5.03 Å². The van der Waals surface area contributed by atoms with Crippen LogP contribution in [-0.4, -0.2) is 65.4 Å². The maximum absolute atomic E-state index is 13.2. The summed E-state index contributed by atoms with van der Waals surface area (Å²) < 4.78 is 39.1. The number of aromatic nitrogens is 2. The minimum Gasteiger partial charge on any atom is -0.467 e. The Hall–Kier alpha value is -2.17. The van der Waals surface area contributed by atoms with Crippen molar-refractivity contribution in [1.29, 1.82) is 0 Å². The number of carbonyl (C=O) groups is 1. The lowest BCUT2D eigenvalue weighted by Crippen LogP contribution is -2.42. The van der Waals surface area contributed by atoms with Gasteiger partial charge >= 0.3 is 0 Å². The molecule has 30 heavy (non-hydrogen) atoms. The zero-order valence-electron chi connectivity index (χ0n) is 17.0. The van der Waals surface area contributed by atoms with Crippen molar-refractivity contribution in [3.63, 3.8) is 0 Å². The highest BCUT2D eigenvalue weighted by Crippen LogP contribution is 2.25. The molecule has 0 spiro atoms. The number of rotatable bonds is 7. The average Bonchev–Trinajstić information content (AvgIpc) is 3.45. The van der Waals surface area contributed by atoms with Crippen LogP contribution < -0.4 is 0 Å². The van der Waals surface area contributed by atoms with Crippen molar-refractivity contribution in [1.82, 2.24) is 18.8 Å². The molecule has 1 aliphatic heterocycles. The van der Waals surface area contributed by atoms with Gasteiger partial charge in [0, 0.05) is 25.3 Å². The molecule has 9 nitrogen and oxygen atoms in total. The Bertz CT molecular complexity index is 928. The first kappa shape index (κ1) is 21.1. The van der Waals surface area contributed by atoms with Gasteiger partial charge in [-0.05, 0) is 25.0 Å². The van der Waals surface area contributed by atoms with E-state index in [2.05, 4.69) is 4.98 Å². The Balaban J connectivity index is 1.47. The predicted molar refractivity (Wildman–Crippen MR) is 108 cm³/mol. The summed E-state index contributed by atoms with van der Waals surface area (Å²) in [6, 6.07) is 3.86. The number of furan rings is 1. The minimum atomic E-state index is -3.68. The van der Waals surface area contributed by atoms with E-state index in [0.29, 0.717) is 32.8 Å². The highest BCUT2D eigenvalue weighted by molar-refractivity contribution is 7.89. The monoisotopic (exact) mass is 436 g/mol. The molecule has 2 aromatic heterocycles. The summed E-state index contributed by atoms with van der Waals surface area (Å²) in [7, 11) is -3.68. The van der Waals surface area contributed by atoms with Gasteiger partial charge in [0.25, 0.3) is 10.0 Å². The Labute approximate surface area is 176 Å². The molecule has 0 atom stereocenters. The number of morpholine rings is 1. The number of imidazole rings is 1. The van der Waals surface area contributed by atoms with E-state index in [1.807, 2.05) is 17.0 Å². The molecule has 0 unspecified atom stereocenters. The minimum absolute atomic E-state index is 0.0348. The molecule has 10 heteroatoms. The van der Waals surface area contributed by atoms with Crippen LogP contribution in [0.15, 0.2) is 40.4 Å². The van der Waals surface area contributed by atoms with Crippen LogP contribution in [0.3, 0.4) is 0 Å². The van der Waals surface area contributed by atoms with Crippen LogP contribution in [-0.2, 0) is 32.6 Å². The normalized spacial score (nSPS) is 19.1. The molecule has 2 aliphatic rings. The Morgan fingerprint density at radius 2 is 1.97 bits per heavy atom. The van der Waals surface area contributed by atoms with Crippen LogP contribution in [0.2, 0.25) is 0 Å². The zero-order chi connectivity index (χ0) is 21.0. The summed E-state index contributed by atoms with van der Waals surface area (Å²) in [5.74, 6) is 0.682. The van der Waals surface area contributed by atoms with Crippen molar-refractivity contribution < 1.29 is 22.4 Å². The van der Waals surface area contributed by atoms with Crippen molar-refractivity contribution in [2.45, 2.75) is 56.3 Å². The number of amides is 1. The molecule has 1 amide bonds. The smallest absolute Gasteiger partial charge is 0.262 e. The maximum atomic E-state index is 13.2. The largest absolute Gasteiger partial charge is 0.467 e. The van der Waals surface area contributed by atoms with Gasteiger partial charge in [0.1, 0.15) is 12.3 Å². The molecule has 0 N–H and O–H groups in total. The fourth-order valence-corrected chi connectivity index (χ4v) is 5.45. The molecule has 1 saturated heterocycles. The fourth-order valence-electron chi connectivity index (χ4n) is 4.11. The van der Waals surface area contributed by atoms with E-state index < -0.39 is 10.0 Å². The molecule has 1 saturated carbocycles. The molecule has 4 rings (SSSR count). The Morgan fingerprint density at radius 1 is 1.20 bits per heavy atom. The first-order valence-electron chi connectivity index (χ1n) is 10.5. The number of carbonyl (C=O) groups excluding carboxylic acids is 1. The highest BCUT2D eigenvalue weighted by atomic mass is 32.2. The maximum Gasteiger partial charge on any atom is 0.262 e. The van der Waals surface area contributed by atoms with E-state index >= 15 is 0 Å². The summed E-state index contributed by atoms with van der Waals surface area (Å²) in [5.41, 5.74) is 0. The second-order valence-electron chi connectivity index (χ2n) is 7.79. The lowest BCUT2D eigenvalue weighted by atomic mass is 9.94. The zero-order valence-corrected chi connectivity index (χ0v) is 17.8. The SMILES string of the molecule is O=C(Cn1cnc(S(=O)(=O)N2CCOCC2)c1)N(Cc1ccco1)C1CCCCC1. The van der Waals surface area contributed by atoms with E-state index in [1.54, 1.807) is 10.8 Å². The average molecular weight is 437 g/mol. The van der Waals surface area contributed by atoms with Gasteiger partial charge in [-0.3, -0.25) is 4.79 Å². The molecule has 0 radical (unpaired) electrons. The first-order valence-corrected chi connectivity index (χ1v) is 11.9. The van der Waals surface area contributed by atoms with Crippen LogP contribution in [0.5, 0.6) is 0 Å². The van der Waals surface area contributed by atoms with Crippen molar-refractivity contribution in [3.8, 4) is 0 Å². The van der Waals surface area contributed by atoms with Gasteiger partial charge in [-0.1, -0.05) is 19.3 Å². The predicted octanol–water partition coefficient (Wildman–Crippen LogP) is 1.86. The molecule has 164 valence electrons. The molecule has 3 heterocycles. The van der Waals surface area contributed by atoms with Crippen molar-refractivity contribution >= 4 is 15.9 Å². The van der Waals surface area contributed by atoms with Gasteiger partial charge in [-0.25, -0.2) is 13.4 Å². The quantitative estimate of drug-likeness (QED) is 0.657. The molecular formula is C20H28N4O5S. The van der Waals surface area contributed by atoms with Gasteiger partial charge in [0.2, 0.25) is 5.91 Å². The number of nitrogens with zero attached hydrogens (tertiary/aromatic N) is 4. The van der Waals surface area contributed by atoms with Crippen LogP contribution in [0.25, 0.3) is 0 Å². The van der Waals surface area contributed by atoms with Crippen molar-refractivity contribution in [3.05, 3.63) is 36.7 Å². The third-order valence-electron chi connectivity index (χ3n) is 5.74. The van der Waals surface area contributed by atoms with Crippen LogP contribution in [0.4, 0.5) is 0 Å². The van der Waals surface area contributed by atoms with E-state index in [-0.39, 0.29) is 23.5 Å². The molecule has 0 aromatic carbocycles. The van der Waals surface area contributed by atoms with Crippen molar-refractivity contribution in [2.75, 3.05) is 26.3 Å². The standard InChI is InChI=1S/C20H28N4O5S/c25-20(24(13-18-7-4-10-29-18)17-5-2-1-3-6-17)15-22-14-19(21-16-22)30(26,27)23-8-11-28-12-9-23/h4,7,10,14,16-17H,1-3,5-6,8-9,11-13,15H2. The third kappa shape index (κ3) is 4.76. The number of ether oxygens (including phenoxy) is 1. The molecule has 1 aliphatic carbocycles. The lowest BCUT2D eigenvalue weighted by Gasteiger charge is -2.34. The summed E-state index contributed by atoms with van der Waals surface area (Å²) in [5, 5.41) is -0.0348. The Kier molecular flexibility index (Phi) is 6.55. The molecular weight excluding hydrogens is 408 g/mol. The van der Waals surface area contributed by atoms with Crippen LogP contribution in [0, 0.1) is 0 Å². The fraction of sp³-hybridized carbons (Fsp3) is 0.600. The summed E-state index contributed by atoms with van der Waals surface area (Å²) >= 11 is 0. The molecule has 0 bridgehead atoms. The van der Waals surface area contributed by atoms with E-state index in [0.717, 1.165) is 31.4 Å². The summed E-state index contributed by atoms with van der Waals surface area (Å²) in [6.07, 6.45) is 9.84. The number of hydrogen-bond donors (Lipinski definition) is 0. The van der Waals surface area contributed by atoms with Crippen LogP contribution >= 0.6 is 0 Å². The van der Waals surface area contributed by atoms with Gasteiger partial charge in [-0.15, -0.1) is 0 Å². The third-order valence-corrected chi connectivity index (χ3v) is 7.53. The lowest BCUT2D eigenvalue weighted by molar-refractivity contribution is -0.136. The van der Waals surface area contributed by atoms with Crippen LogP contribution in [0.1, 0.15) is 37.9 Å². The number of sulfonamides is 1. The van der Waals surface area contributed by atoms with Gasteiger partial charge < -0.3 is 18.6 Å². The summed E-state index contributed by atoms with van der Waals surface area (Å²) in [6.45, 7) is 1.84. The van der Waals surface area contributed by atoms with E-state index in [9.17, 15) is 13.2 Å². The summed E-state index contributed by atoms with van der Waals surface area (Å²) in [4.78, 5) is 19.1. The molecule has 2 fully saturated rings. The Morgan fingerprint density at radius 3 is 2.67 bits per heavy atom. The second-order valence-corrected chi connectivity index (χ2v) is 9.68.